The molecule has 0 aliphatic heterocycles. The minimum atomic E-state index is -0.301. The third-order valence-corrected chi connectivity index (χ3v) is 3.34. The van der Waals surface area contributed by atoms with E-state index in [1.54, 1.807) is 29.2 Å². The van der Waals surface area contributed by atoms with E-state index in [0.717, 1.165) is 12.8 Å². The van der Waals surface area contributed by atoms with Gasteiger partial charge >= 0.3 is 5.97 Å². The Labute approximate surface area is 117 Å². The number of halogens is 1. The van der Waals surface area contributed by atoms with Crippen LogP contribution in [0, 0.1) is 0 Å². The second-order valence-corrected chi connectivity index (χ2v) is 5.00. The van der Waals surface area contributed by atoms with E-state index in [1.807, 2.05) is 0 Å². The zero-order valence-electron chi connectivity index (χ0n) is 10.8. The normalized spacial score (nSPS) is 14.0. The smallest absolute Gasteiger partial charge is 0.307 e. The maximum absolute atomic E-state index is 12.4. The predicted octanol–water partition coefficient (Wildman–Crippen LogP) is 2.51. The minimum absolute atomic E-state index is 0.0751. The highest BCUT2D eigenvalue weighted by Gasteiger charge is 2.33. The van der Waals surface area contributed by atoms with Crippen LogP contribution in [0.15, 0.2) is 24.3 Å². The van der Waals surface area contributed by atoms with Crippen LogP contribution < -0.4 is 0 Å². The summed E-state index contributed by atoms with van der Waals surface area (Å²) < 4.78 is 4.61. The van der Waals surface area contributed by atoms with Crippen molar-refractivity contribution in [3.8, 4) is 0 Å². The molecule has 102 valence electrons. The Morgan fingerprint density at radius 3 is 2.74 bits per heavy atom. The van der Waals surface area contributed by atoms with E-state index in [2.05, 4.69) is 4.74 Å². The molecule has 0 unspecified atom stereocenters. The van der Waals surface area contributed by atoms with Gasteiger partial charge < -0.3 is 9.64 Å². The van der Waals surface area contributed by atoms with Gasteiger partial charge in [0.25, 0.3) is 5.91 Å². The van der Waals surface area contributed by atoms with E-state index in [9.17, 15) is 9.59 Å². The SMILES string of the molecule is COC(=O)CCN(C(=O)c1cccc(Cl)c1)C1CC1. The van der Waals surface area contributed by atoms with Gasteiger partial charge in [-0.25, -0.2) is 0 Å². The fourth-order valence-electron chi connectivity index (χ4n) is 1.94. The fraction of sp³-hybridized carbons (Fsp3) is 0.429. The number of hydrogen-bond donors (Lipinski definition) is 0. The van der Waals surface area contributed by atoms with Crippen LogP contribution in [0.4, 0.5) is 0 Å². The molecule has 0 radical (unpaired) electrons. The monoisotopic (exact) mass is 281 g/mol. The zero-order chi connectivity index (χ0) is 13.8. The highest BCUT2D eigenvalue weighted by molar-refractivity contribution is 6.30. The number of amides is 1. The maximum Gasteiger partial charge on any atom is 0.307 e. The average Bonchev–Trinajstić information content (AvgIpc) is 3.23. The van der Waals surface area contributed by atoms with Gasteiger partial charge in [-0.05, 0) is 31.0 Å². The Hall–Kier alpha value is -1.55. The number of nitrogens with zero attached hydrogens (tertiary/aromatic N) is 1. The Morgan fingerprint density at radius 1 is 1.42 bits per heavy atom. The van der Waals surface area contributed by atoms with Gasteiger partial charge in [-0.15, -0.1) is 0 Å². The van der Waals surface area contributed by atoms with Crippen LogP contribution >= 0.6 is 11.6 Å². The van der Waals surface area contributed by atoms with Crippen LogP contribution in [0.5, 0.6) is 0 Å². The lowest BCUT2D eigenvalue weighted by Crippen LogP contribution is -2.35. The van der Waals surface area contributed by atoms with Gasteiger partial charge in [0.2, 0.25) is 0 Å². The van der Waals surface area contributed by atoms with Gasteiger partial charge in [0, 0.05) is 23.2 Å². The lowest BCUT2D eigenvalue weighted by atomic mass is 10.2. The number of hydrogen-bond acceptors (Lipinski definition) is 3. The van der Waals surface area contributed by atoms with Gasteiger partial charge in [0.05, 0.1) is 13.5 Å². The standard InChI is InChI=1S/C14H16ClNO3/c1-19-13(17)7-8-16(12-5-6-12)14(18)10-3-2-4-11(15)9-10/h2-4,9,12H,5-8H2,1H3. The van der Waals surface area contributed by atoms with Crippen molar-refractivity contribution in [3.05, 3.63) is 34.9 Å². The highest BCUT2D eigenvalue weighted by atomic mass is 35.5. The van der Waals surface area contributed by atoms with E-state index in [-0.39, 0.29) is 24.3 Å². The number of ether oxygens (including phenoxy) is 1. The van der Waals surface area contributed by atoms with Gasteiger partial charge in [-0.2, -0.15) is 0 Å². The predicted molar refractivity (Wildman–Crippen MR) is 72.1 cm³/mol. The summed E-state index contributed by atoms with van der Waals surface area (Å²) in [5, 5.41) is 0.537. The summed E-state index contributed by atoms with van der Waals surface area (Å²) >= 11 is 5.89. The van der Waals surface area contributed by atoms with Crippen molar-refractivity contribution >= 4 is 23.5 Å². The number of rotatable bonds is 5. The summed E-state index contributed by atoms with van der Waals surface area (Å²) in [5.74, 6) is -0.376. The largest absolute Gasteiger partial charge is 0.469 e. The first-order chi connectivity index (χ1) is 9.11. The molecule has 1 aliphatic rings. The van der Waals surface area contributed by atoms with Crippen molar-refractivity contribution in [2.24, 2.45) is 0 Å². The first kappa shape index (κ1) is 13.9. The first-order valence-electron chi connectivity index (χ1n) is 6.25. The average molecular weight is 282 g/mol. The molecule has 19 heavy (non-hydrogen) atoms. The lowest BCUT2D eigenvalue weighted by molar-refractivity contribution is -0.140. The fourth-order valence-corrected chi connectivity index (χ4v) is 2.13. The van der Waals surface area contributed by atoms with E-state index in [0.29, 0.717) is 17.1 Å². The second-order valence-electron chi connectivity index (χ2n) is 4.57. The Kier molecular flexibility index (Phi) is 4.43. The lowest BCUT2D eigenvalue weighted by Gasteiger charge is -2.22. The van der Waals surface area contributed by atoms with Crippen molar-refractivity contribution in [3.63, 3.8) is 0 Å². The molecule has 1 aromatic rings. The molecule has 2 rings (SSSR count). The molecule has 0 N–H and O–H groups in total. The van der Waals surface area contributed by atoms with E-state index >= 15 is 0 Å². The summed E-state index contributed by atoms with van der Waals surface area (Å²) in [6.07, 6.45) is 2.21. The number of esters is 1. The van der Waals surface area contributed by atoms with Crippen LogP contribution in [0.2, 0.25) is 5.02 Å². The summed E-state index contributed by atoms with van der Waals surface area (Å²) in [6, 6.07) is 7.12. The summed E-state index contributed by atoms with van der Waals surface area (Å²) in [6.45, 7) is 0.392. The molecule has 0 bridgehead atoms. The third-order valence-electron chi connectivity index (χ3n) is 3.10. The van der Waals surface area contributed by atoms with Gasteiger partial charge in [-0.3, -0.25) is 9.59 Å². The first-order valence-corrected chi connectivity index (χ1v) is 6.63. The van der Waals surface area contributed by atoms with Crippen LogP contribution in [-0.2, 0) is 9.53 Å². The number of carbonyl (C=O) groups excluding carboxylic acids is 2. The topological polar surface area (TPSA) is 46.6 Å². The van der Waals surface area contributed by atoms with E-state index in [1.165, 1.54) is 7.11 Å². The molecular weight excluding hydrogens is 266 g/mol. The highest BCUT2D eigenvalue weighted by Crippen LogP contribution is 2.28. The van der Waals surface area contributed by atoms with Crippen LogP contribution in [0.25, 0.3) is 0 Å². The molecule has 1 amide bonds. The number of carbonyl (C=O) groups is 2. The van der Waals surface area contributed by atoms with Crippen LogP contribution in [0.1, 0.15) is 29.6 Å². The molecule has 0 heterocycles. The summed E-state index contributed by atoms with van der Waals surface area (Å²) in [5.41, 5.74) is 0.560. The molecule has 1 fully saturated rings. The molecular formula is C14H16ClNO3. The Balaban J connectivity index is 2.06. The number of benzene rings is 1. The van der Waals surface area contributed by atoms with Gasteiger partial charge in [0.15, 0.2) is 0 Å². The molecule has 0 aromatic heterocycles. The van der Waals surface area contributed by atoms with E-state index < -0.39 is 0 Å². The minimum Gasteiger partial charge on any atom is -0.469 e. The summed E-state index contributed by atoms with van der Waals surface area (Å²) in [7, 11) is 1.35. The van der Waals surface area contributed by atoms with Crippen molar-refractivity contribution < 1.29 is 14.3 Å². The molecule has 1 aliphatic carbocycles. The van der Waals surface area contributed by atoms with Crippen LogP contribution in [-0.4, -0.2) is 36.5 Å². The zero-order valence-corrected chi connectivity index (χ0v) is 11.5. The van der Waals surface area contributed by atoms with Gasteiger partial charge in [0.1, 0.15) is 0 Å². The van der Waals surface area contributed by atoms with Crippen molar-refractivity contribution in [1.82, 2.24) is 4.90 Å². The molecule has 0 atom stereocenters. The summed E-state index contributed by atoms with van der Waals surface area (Å²) in [4.78, 5) is 25.3. The second kappa shape index (κ2) is 6.06. The van der Waals surface area contributed by atoms with Crippen molar-refractivity contribution in [2.75, 3.05) is 13.7 Å². The maximum atomic E-state index is 12.4. The number of methoxy groups -OCH3 is 1. The molecule has 0 spiro atoms. The Morgan fingerprint density at radius 2 is 2.16 bits per heavy atom. The van der Waals surface area contributed by atoms with Gasteiger partial charge in [-0.1, -0.05) is 17.7 Å². The molecule has 4 nitrogen and oxygen atoms in total. The van der Waals surface area contributed by atoms with E-state index in [4.69, 9.17) is 11.6 Å². The molecule has 5 heteroatoms. The van der Waals surface area contributed by atoms with Crippen molar-refractivity contribution in [1.29, 1.82) is 0 Å². The molecule has 1 aromatic carbocycles. The van der Waals surface area contributed by atoms with Crippen molar-refractivity contribution in [2.45, 2.75) is 25.3 Å². The van der Waals surface area contributed by atoms with Crippen LogP contribution in [0.3, 0.4) is 0 Å². The third kappa shape index (κ3) is 3.70. The Bertz CT molecular complexity index is 485. The molecule has 0 saturated heterocycles. The quantitative estimate of drug-likeness (QED) is 0.779. The molecule has 1 saturated carbocycles.